The average Bonchev–Trinajstić information content (AvgIpc) is 3.29. The van der Waals surface area contributed by atoms with E-state index in [1.165, 1.54) is 0 Å². The van der Waals surface area contributed by atoms with Crippen LogP contribution in [-0.4, -0.2) is 38.8 Å². The molecule has 5 rings (SSSR count). The fraction of sp³-hybridized carbons (Fsp3) is 0.550. The summed E-state index contributed by atoms with van der Waals surface area (Å²) >= 11 is 0. The van der Waals surface area contributed by atoms with Gasteiger partial charge in [-0.05, 0) is 37.7 Å². The highest BCUT2D eigenvalue weighted by Crippen LogP contribution is 2.50. The molecule has 0 radical (unpaired) electrons. The molecule has 1 aromatic carbocycles. The van der Waals surface area contributed by atoms with Crippen molar-refractivity contribution in [2.45, 2.75) is 63.1 Å². The van der Waals surface area contributed by atoms with Crippen molar-refractivity contribution in [3.63, 3.8) is 0 Å². The van der Waals surface area contributed by atoms with Crippen LogP contribution in [0.2, 0.25) is 0 Å². The molecule has 1 aliphatic carbocycles. The van der Waals surface area contributed by atoms with Crippen LogP contribution in [0, 0.1) is 0 Å². The topological polar surface area (TPSA) is 71.7 Å². The summed E-state index contributed by atoms with van der Waals surface area (Å²) in [5.74, 6) is 1.31. The maximum atomic E-state index is 12.9. The Labute approximate surface area is 158 Å². The van der Waals surface area contributed by atoms with Crippen molar-refractivity contribution >= 4 is 6.03 Å². The summed E-state index contributed by atoms with van der Waals surface area (Å²) in [5.41, 5.74) is 1.14. The molecule has 3 aliphatic rings. The monoisotopic (exact) mass is 368 g/mol. The fourth-order valence-corrected chi connectivity index (χ4v) is 4.23. The lowest BCUT2D eigenvalue weighted by atomic mass is 10.0. The van der Waals surface area contributed by atoms with Gasteiger partial charge in [0, 0.05) is 12.0 Å². The highest BCUT2D eigenvalue weighted by molar-refractivity contribution is 5.77. The molecule has 1 aromatic heterocycles. The Kier molecular flexibility index (Phi) is 3.93. The van der Waals surface area contributed by atoms with Gasteiger partial charge in [0.25, 0.3) is 0 Å². The predicted molar refractivity (Wildman–Crippen MR) is 96.4 cm³/mol. The molecule has 2 aliphatic heterocycles. The van der Waals surface area contributed by atoms with Crippen molar-refractivity contribution in [3.05, 3.63) is 47.7 Å². The summed E-state index contributed by atoms with van der Waals surface area (Å²) in [7, 11) is 0. The first kappa shape index (κ1) is 16.7. The molecule has 0 N–H and O–H groups in total. The molecule has 0 unspecified atom stereocenters. The Bertz CT molecular complexity index is 833. The van der Waals surface area contributed by atoms with Gasteiger partial charge in [-0.1, -0.05) is 37.3 Å². The molecule has 3 heterocycles. The lowest BCUT2D eigenvalue weighted by Gasteiger charge is -2.27. The van der Waals surface area contributed by atoms with Gasteiger partial charge in [0.05, 0.1) is 6.04 Å². The van der Waals surface area contributed by atoms with Gasteiger partial charge < -0.3 is 9.32 Å². The van der Waals surface area contributed by atoms with E-state index in [9.17, 15) is 4.79 Å². The maximum Gasteiger partial charge on any atom is 0.345 e. The zero-order valence-electron chi connectivity index (χ0n) is 15.5. The zero-order chi connectivity index (χ0) is 18.4. The van der Waals surface area contributed by atoms with Gasteiger partial charge in [-0.2, -0.15) is 5.06 Å². The van der Waals surface area contributed by atoms with E-state index in [1.54, 1.807) is 5.06 Å². The molecule has 7 nitrogen and oxygen atoms in total. The molecule has 3 fully saturated rings. The number of benzene rings is 1. The number of carbonyl (C=O) groups excluding carboxylic acids is 1. The SMILES string of the molecule is CCC1(c2nnc([C@@H]3CC[C@@H]4CN3C(=O)N4OCc3ccccc3)o2)CC1. The maximum absolute atomic E-state index is 12.9. The molecule has 2 aromatic rings. The normalized spacial score (nSPS) is 25.9. The van der Waals surface area contributed by atoms with E-state index >= 15 is 0 Å². The minimum Gasteiger partial charge on any atom is -0.422 e. The second-order valence-corrected chi connectivity index (χ2v) is 7.85. The van der Waals surface area contributed by atoms with Gasteiger partial charge in [-0.3, -0.25) is 4.84 Å². The first-order valence-electron chi connectivity index (χ1n) is 9.81. The summed E-state index contributed by atoms with van der Waals surface area (Å²) in [6.07, 6.45) is 4.94. The Hall–Kier alpha value is -2.41. The van der Waals surface area contributed by atoms with Crippen LogP contribution in [0.15, 0.2) is 34.7 Å². The van der Waals surface area contributed by atoms with E-state index in [1.807, 2.05) is 35.2 Å². The molecule has 2 atom stereocenters. The van der Waals surface area contributed by atoms with Crippen molar-refractivity contribution in [2.24, 2.45) is 0 Å². The number of urea groups is 1. The molecule has 2 saturated heterocycles. The second kappa shape index (κ2) is 6.34. The molecule has 7 heteroatoms. The van der Waals surface area contributed by atoms with Crippen molar-refractivity contribution in [1.82, 2.24) is 20.2 Å². The summed E-state index contributed by atoms with van der Waals surface area (Å²) in [6.45, 7) is 3.20. The highest BCUT2D eigenvalue weighted by Gasteiger charge is 2.50. The van der Waals surface area contributed by atoms with Crippen LogP contribution in [0.3, 0.4) is 0 Å². The first-order valence-corrected chi connectivity index (χ1v) is 9.81. The van der Waals surface area contributed by atoms with Gasteiger partial charge in [-0.25, -0.2) is 4.79 Å². The second-order valence-electron chi connectivity index (χ2n) is 7.85. The number of hydroxylamine groups is 2. The van der Waals surface area contributed by atoms with Gasteiger partial charge >= 0.3 is 6.03 Å². The summed E-state index contributed by atoms with van der Waals surface area (Å²) in [5, 5.41) is 10.1. The number of rotatable bonds is 6. The van der Waals surface area contributed by atoms with E-state index in [4.69, 9.17) is 9.25 Å². The van der Waals surface area contributed by atoms with Crippen LogP contribution < -0.4 is 0 Å². The molecule has 142 valence electrons. The quantitative estimate of drug-likeness (QED) is 0.779. The number of amides is 2. The third-order valence-electron chi connectivity index (χ3n) is 6.25. The highest BCUT2D eigenvalue weighted by atomic mass is 16.7. The average molecular weight is 368 g/mol. The van der Waals surface area contributed by atoms with Gasteiger partial charge in [0.2, 0.25) is 11.8 Å². The van der Waals surface area contributed by atoms with Crippen LogP contribution in [0.4, 0.5) is 4.79 Å². The number of hydrogen-bond donors (Lipinski definition) is 0. The number of nitrogens with zero attached hydrogens (tertiary/aromatic N) is 4. The third kappa shape index (κ3) is 2.81. The molecule has 1 saturated carbocycles. The smallest absolute Gasteiger partial charge is 0.345 e. The summed E-state index contributed by atoms with van der Waals surface area (Å²) < 4.78 is 6.03. The molecule has 27 heavy (non-hydrogen) atoms. The number of hydrogen-bond acceptors (Lipinski definition) is 5. The summed E-state index contributed by atoms with van der Waals surface area (Å²) in [4.78, 5) is 20.6. The number of carbonyl (C=O) groups is 1. The van der Waals surface area contributed by atoms with E-state index < -0.39 is 0 Å². The van der Waals surface area contributed by atoms with Crippen molar-refractivity contribution in [1.29, 1.82) is 0 Å². The Balaban J connectivity index is 1.29. The standard InChI is InChI=1S/C20H24N4O3/c1-2-20(10-11-20)18-22-21-17(27-18)16-9-8-15-12-23(16)19(25)24(15)26-13-14-6-4-3-5-7-14/h3-7,15-16H,2,8-13H2,1H3/t15-,16+/m1/s1. The molecule has 2 amide bonds. The van der Waals surface area contributed by atoms with Crippen molar-refractivity contribution < 1.29 is 14.0 Å². The number of aromatic nitrogens is 2. The van der Waals surface area contributed by atoms with E-state index in [0.717, 1.165) is 43.6 Å². The predicted octanol–water partition coefficient (Wildman–Crippen LogP) is 3.58. The number of fused-ring (bicyclic) bond motifs is 2. The van der Waals surface area contributed by atoms with Crippen LogP contribution in [0.25, 0.3) is 0 Å². The van der Waals surface area contributed by atoms with Crippen molar-refractivity contribution in [2.75, 3.05) is 6.54 Å². The van der Waals surface area contributed by atoms with Gasteiger partial charge in [0.15, 0.2) is 0 Å². The largest absolute Gasteiger partial charge is 0.422 e. The summed E-state index contributed by atoms with van der Waals surface area (Å²) in [6, 6.07) is 9.75. The number of piperidine rings is 1. The Morgan fingerprint density at radius 1 is 1.22 bits per heavy atom. The lowest BCUT2D eigenvalue weighted by molar-refractivity contribution is -0.140. The minimum absolute atomic E-state index is 0.0856. The van der Waals surface area contributed by atoms with Crippen molar-refractivity contribution in [3.8, 4) is 0 Å². The molecular formula is C20H24N4O3. The minimum atomic E-state index is -0.145. The zero-order valence-corrected chi connectivity index (χ0v) is 15.5. The van der Waals surface area contributed by atoms with E-state index in [2.05, 4.69) is 17.1 Å². The van der Waals surface area contributed by atoms with Crippen LogP contribution in [-0.2, 0) is 16.9 Å². The fourth-order valence-electron chi connectivity index (χ4n) is 4.23. The van der Waals surface area contributed by atoms with Crippen LogP contribution >= 0.6 is 0 Å². The Morgan fingerprint density at radius 2 is 2.04 bits per heavy atom. The van der Waals surface area contributed by atoms with Crippen LogP contribution in [0.1, 0.15) is 62.4 Å². The van der Waals surface area contributed by atoms with Gasteiger partial charge in [-0.15, -0.1) is 10.2 Å². The Morgan fingerprint density at radius 3 is 2.78 bits per heavy atom. The molecular weight excluding hydrogens is 344 g/mol. The lowest BCUT2D eigenvalue weighted by Crippen LogP contribution is -2.34. The van der Waals surface area contributed by atoms with E-state index in [-0.39, 0.29) is 23.5 Å². The van der Waals surface area contributed by atoms with Crippen LogP contribution in [0.5, 0.6) is 0 Å². The molecule has 2 bridgehead atoms. The van der Waals surface area contributed by atoms with Gasteiger partial charge in [0.1, 0.15) is 12.6 Å². The van der Waals surface area contributed by atoms with E-state index in [0.29, 0.717) is 19.0 Å². The molecule has 0 spiro atoms. The first-order chi connectivity index (χ1) is 13.2. The third-order valence-corrected chi connectivity index (χ3v) is 6.25.